The average molecular weight is 379 g/mol. The number of anilines is 1. The Labute approximate surface area is 152 Å². The van der Waals surface area contributed by atoms with Crippen molar-refractivity contribution in [2.75, 3.05) is 5.32 Å². The third kappa shape index (κ3) is 6.14. The molecule has 3 N–H and O–H groups in total. The van der Waals surface area contributed by atoms with Gasteiger partial charge in [-0.1, -0.05) is 12.1 Å². The van der Waals surface area contributed by atoms with E-state index >= 15 is 0 Å². The van der Waals surface area contributed by atoms with E-state index in [1.54, 1.807) is 0 Å². The van der Waals surface area contributed by atoms with Gasteiger partial charge in [-0.05, 0) is 43.3 Å². The summed E-state index contributed by atoms with van der Waals surface area (Å²) >= 11 is 0. The molecule has 27 heavy (non-hydrogen) atoms. The number of halogens is 3. The van der Waals surface area contributed by atoms with Crippen LogP contribution in [0.15, 0.2) is 53.6 Å². The second-order valence-corrected chi connectivity index (χ2v) is 5.64. The number of hydrazone groups is 1. The van der Waals surface area contributed by atoms with Crippen molar-refractivity contribution in [1.82, 2.24) is 5.43 Å². The molecule has 0 atom stereocenters. The van der Waals surface area contributed by atoms with Gasteiger partial charge in [0.25, 0.3) is 5.91 Å². The SMILES string of the molecule is C/C(CC(=O)Nc1cccc(C(F)(F)F)c1)=N\NC(=O)c1cccc(O)c1. The highest BCUT2D eigenvalue weighted by atomic mass is 19.4. The van der Waals surface area contributed by atoms with Crippen molar-refractivity contribution in [3.8, 4) is 5.75 Å². The lowest BCUT2D eigenvalue weighted by molar-refractivity contribution is -0.137. The molecule has 0 radical (unpaired) electrons. The zero-order valence-corrected chi connectivity index (χ0v) is 14.2. The standard InChI is InChI=1S/C18H16F3N3O3/c1-11(23-24-17(27)12-4-2-7-15(25)9-12)8-16(26)22-14-6-3-5-13(10-14)18(19,20)21/h2-7,9-10,25H,8H2,1H3,(H,22,26)(H,24,27)/b23-11+. The summed E-state index contributed by atoms with van der Waals surface area (Å²) in [6.45, 7) is 1.48. The number of carbonyl (C=O) groups is 2. The third-order valence-corrected chi connectivity index (χ3v) is 3.35. The van der Waals surface area contributed by atoms with Gasteiger partial charge in [0.1, 0.15) is 5.75 Å². The van der Waals surface area contributed by atoms with Gasteiger partial charge < -0.3 is 10.4 Å². The molecule has 0 aliphatic rings. The number of alkyl halides is 3. The van der Waals surface area contributed by atoms with Crippen molar-refractivity contribution < 1.29 is 27.9 Å². The van der Waals surface area contributed by atoms with E-state index in [4.69, 9.17) is 0 Å². The van der Waals surface area contributed by atoms with E-state index in [-0.39, 0.29) is 29.1 Å². The van der Waals surface area contributed by atoms with Crippen LogP contribution in [0.2, 0.25) is 0 Å². The second-order valence-electron chi connectivity index (χ2n) is 5.64. The van der Waals surface area contributed by atoms with E-state index in [0.29, 0.717) is 0 Å². The fraction of sp³-hybridized carbons (Fsp3) is 0.167. The minimum absolute atomic E-state index is 0.00595. The number of carbonyl (C=O) groups excluding carboxylic acids is 2. The molecule has 0 saturated heterocycles. The van der Waals surface area contributed by atoms with Gasteiger partial charge in [0.2, 0.25) is 5.91 Å². The van der Waals surface area contributed by atoms with Gasteiger partial charge in [-0.15, -0.1) is 0 Å². The molecule has 6 nitrogen and oxygen atoms in total. The Morgan fingerprint density at radius 1 is 1.11 bits per heavy atom. The number of amides is 2. The van der Waals surface area contributed by atoms with Gasteiger partial charge in [0, 0.05) is 17.0 Å². The van der Waals surface area contributed by atoms with Crippen molar-refractivity contribution in [3.63, 3.8) is 0 Å². The molecule has 0 saturated carbocycles. The van der Waals surface area contributed by atoms with E-state index < -0.39 is 23.6 Å². The summed E-state index contributed by atoms with van der Waals surface area (Å²) in [7, 11) is 0. The molecular formula is C18H16F3N3O3. The highest BCUT2D eigenvalue weighted by molar-refractivity contribution is 6.06. The Morgan fingerprint density at radius 2 is 1.81 bits per heavy atom. The third-order valence-electron chi connectivity index (χ3n) is 3.35. The van der Waals surface area contributed by atoms with Gasteiger partial charge in [0.05, 0.1) is 12.0 Å². The molecule has 0 aromatic heterocycles. The van der Waals surface area contributed by atoms with E-state index in [9.17, 15) is 27.9 Å². The number of benzene rings is 2. The first-order valence-corrected chi connectivity index (χ1v) is 7.75. The molecule has 2 aromatic carbocycles. The number of hydrogen-bond donors (Lipinski definition) is 3. The molecule has 0 heterocycles. The first-order chi connectivity index (χ1) is 12.6. The fourth-order valence-electron chi connectivity index (χ4n) is 2.11. The van der Waals surface area contributed by atoms with Crippen LogP contribution in [0.1, 0.15) is 29.3 Å². The zero-order chi connectivity index (χ0) is 20.0. The molecule has 2 amide bonds. The summed E-state index contributed by atoms with van der Waals surface area (Å²) in [5, 5.41) is 15.4. The minimum Gasteiger partial charge on any atom is -0.508 e. The number of hydrogen-bond acceptors (Lipinski definition) is 4. The quantitative estimate of drug-likeness (QED) is 0.548. The maximum Gasteiger partial charge on any atom is 0.416 e. The summed E-state index contributed by atoms with van der Waals surface area (Å²) in [5.41, 5.74) is 1.79. The summed E-state index contributed by atoms with van der Waals surface area (Å²) in [6, 6.07) is 9.87. The van der Waals surface area contributed by atoms with Gasteiger partial charge in [-0.3, -0.25) is 9.59 Å². The highest BCUT2D eigenvalue weighted by Crippen LogP contribution is 2.30. The number of nitrogens with one attached hydrogen (secondary N) is 2. The first-order valence-electron chi connectivity index (χ1n) is 7.75. The van der Waals surface area contributed by atoms with Crippen LogP contribution >= 0.6 is 0 Å². The fourth-order valence-corrected chi connectivity index (χ4v) is 2.11. The lowest BCUT2D eigenvalue weighted by atomic mass is 10.2. The number of rotatable bonds is 5. The summed E-state index contributed by atoms with van der Waals surface area (Å²) in [6.07, 6.45) is -4.73. The van der Waals surface area contributed by atoms with E-state index in [0.717, 1.165) is 12.1 Å². The van der Waals surface area contributed by atoms with Crippen LogP contribution in [0.3, 0.4) is 0 Å². The number of phenolic OH excluding ortho intramolecular Hbond substituents is 1. The van der Waals surface area contributed by atoms with Gasteiger partial charge in [0.15, 0.2) is 0 Å². The van der Waals surface area contributed by atoms with Crippen LogP contribution in [0.25, 0.3) is 0 Å². The summed E-state index contributed by atoms with van der Waals surface area (Å²) in [4.78, 5) is 23.8. The average Bonchev–Trinajstić information content (AvgIpc) is 2.59. The van der Waals surface area contributed by atoms with Crippen molar-refractivity contribution in [3.05, 3.63) is 59.7 Å². The Hall–Kier alpha value is -3.36. The monoisotopic (exact) mass is 379 g/mol. The molecule has 2 aromatic rings. The predicted octanol–water partition coefficient (Wildman–Crippen LogP) is 3.55. The molecule has 0 aliphatic carbocycles. The number of aromatic hydroxyl groups is 1. The molecule has 0 aliphatic heterocycles. The highest BCUT2D eigenvalue weighted by Gasteiger charge is 2.30. The molecule has 0 unspecified atom stereocenters. The number of nitrogens with zero attached hydrogens (tertiary/aromatic N) is 1. The first kappa shape index (κ1) is 20.0. The summed E-state index contributed by atoms with van der Waals surface area (Å²) < 4.78 is 38.0. The maximum atomic E-state index is 12.7. The molecule has 0 fully saturated rings. The molecule has 2 rings (SSSR count). The van der Waals surface area contributed by atoms with Crippen LogP contribution in [0.4, 0.5) is 18.9 Å². The van der Waals surface area contributed by atoms with E-state index in [2.05, 4.69) is 15.8 Å². The van der Waals surface area contributed by atoms with Crippen molar-refractivity contribution >= 4 is 23.2 Å². The van der Waals surface area contributed by atoms with Crippen LogP contribution < -0.4 is 10.7 Å². The minimum atomic E-state index is -4.51. The van der Waals surface area contributed by atoms with Crippen LogP contribution in [-0.2, 0) is 11.0 Å². The van der Waals surface area contributed by atoms with Crippen molar-refractivity contribution in [1.29, 1.82) is 0 Å². The van der Waals surface area contributed by atoms with E-state index in [1.165, 1.54) is 43.3 Å². The lowest BCUT2D eigenvalue weighted by Crippen LogP contribution is -2.21. The van der Waals surface area contributed by atoms with Gasteiger partial charge in [-0.2, -0.15) is 18.3 Å². The predicted molar refractivity (Wildman–Crippen MR) is 93.4 cm³/mol. The molecule has 142 valence electrons. The van der Waals surface area contributed by atoms with Gasteiger partial charge in [-0.25, -0.2) is 5.43 Å². The molecule has 9 heteroatoms. The van der Waals surface area contributed by atoms with Crippen LogP contribution in [0, 0.1) is 0 Å². The lowest BCUT2D eigenvalue weighted by Gasteiger charge is -2.10. The van der Waals surface area contributed by atoms with Crippen molar-refractivity contribution in [2.45, 2.75) is 19.5 Å². The Balaban J connectivity index is 1.93. The second kappa shape index (κ2) is 8.35. The largest absolute Gasteiger partial charge is 0.508 e. The van der Waals surface area contributed by atoms with Gasteiger partial charge >= 0.3 is 6.18 Å². The van der Waals surface area contributed by atoms with Crippen molar-refractivity contribution in [2.24, 2.45) is 5.10 Å². The molecule has 0 spiro atoms. The molecular weight excluding hydrogens is 363 g/mol. The smallest absolute Gasteiger partial charge is 0.416 e. The molecule has 0 bridgehead atoms. The zero-order valence-electron chi connectivity index (χ0n) is 14.2. The summed E-state index contributed by atoms with van der Waals surface area (Å²) in [5.74, 6) is -1.24. The Kier molecular flexibility index (Phi) is 6.17. The normalized spacial score (nSPS) is 11.8. The Morgan fingerprint density at radius 3 is 2.48 bits per heavy atom. The topological polar surface area (TPSA) is 90.8 Å². The Bertz CT molecular complexity index is 879. The number of phenols is 1. The maximum absolute atomic E-state index is 12.7. The van der Waals surface area contributed by atoms with E-state index in [1.807, 2.05) is 0 Å². The van der Waals surface area contributed by atoms with Crippen LogP contribution in [-0.4, -0.2) is 22.6 Å². The van der Waals surface area contributed by atoms with Crippen LogP contribution in [0.5, 0.6) is 5.75 Å².